The van der Waals surface area contributed by atoms with Crippen molar-refractivity contribution in [2.45, 2.75) is 64.2 Å². The number of carbonyl (C=O) groups excluding carboxylic acids is 1. The van der Waals surface area contributed by atoms with E-state index in [0.717, 1.165) is 62.5 Å². The molecule has 3 heterocycles. The lowest BCUT2D eigenvalue weighted by molar-refractivity contribution is -0.130. The van der Waals surface area contributed by atoms with Crippen LogP contribution in [0.5, 0.6) is 0 Å². The lowest BCUT2D eigenvalue weighted by Gasteiger charge is -2.23. The number of aromatic nitrogens is 3. The maximum Gasteiger partial charge on any atom is 0.259 e. The van der Waals surface area contributed by atoms with E-state index >= 15 is 0 Å². The Kier molecular flexibility index (Phi) is 6.34. The molecule has 6 nitrogen and oxygen atoms in total. The molecule has 1 aliphatic heterocycles. The zero-order valence-electron chi connectivity index (χ0n) is 16.6. The highest BCUT2D eigenvalue weighted by Crippen LogP contribution is 2.28. The molecule has 2 aromatic heterocycles. The first-order valence-electron chi connectivity index (χ1n) is 10.8. The smallest absolute Gasteiger partial charge is 0.259 e. The molecule has 4 rings (SSSR count). The van der Waals surface area contributed by atoms with Gasteiger partial charge in [-0.3, -0.25) is 9.78 Å². The molecule has 1 saturated heterocycles. The molecular formula is C22H30N4O2. The zero-order valence-corrected chi connectivity index (χ0v) is 16.6. The Labute approximate surface area is 166 Å². The number of likely N-dealkylation sites (tertiary alicyclic amines) is 1. The van der Waals surface area contributed by atoms with Crippen LogP contribution in [0.25, 0.3) is 11.5 Å². The molecule has 1 saturated carbocycles. The molecule has 0 spiro atoms. The van der Waals surface area contributed by atoms with E-state index in [-0.39, 0.29) is 0 Å². The van der Waals surface area contributed by atoms with Gasteiger partial charge in [-0.15, -0.1) is 0 Å². The molecule has 1 amide bonds. The van der Waals surface area contributed by atoms with Gasteiger partial charge in [0.2, 0.25) is 5.91 Å². The quantitative estimate of drug-likeness (QED) is 0.715. The number of hydrogen-bond acceptors (Lipinski definition) is 5. The first kappa shape index (κ1) is 19.1. The van der Waals surface area contributed by atoms with E-state index in [1.165, 1.54) is 32.1 Å². The molecule has 1 unspecified atom stereocenters. The minimum atomic E-state index is 0.353. The molecule has 0 aromatic carbocycles. The molecule has 2 fully saturated rings. The number of nitrogens with zero attached hydrogens (tertiary/aromatic N) is 4. The summed E-state index contributed by atoms with van der Waals surface area (Å²) in [7, 11) is 0. The minimum Gasteiger partial charge on any atom is -0.342 e. The summed E-state index contributed by atoms with van der Waals surface area (Å²) in [6.07, 6.45) is 14.9. The van der Waals surface area contributed by atoms with Crippen molar-refractivity contribution in [2.24, 2.45) is 11.8 Å². The Morgan fingerprint density at radius 2 is 2.04 bits per heavy atom. The van der Waals surface area contributed by atoms with Gasteiger partial charge in [0.1, 0.15) is 0 Å². The molecule has 28 heavy (non-hydrogen) atoms. The van der Waals surface area contributed by atoms with E-state index in [4.69, 9.17) is 4.52 Å². The number of pyridine rings is 1. The lowest BCUT2D eigenvalue weighted by atomic mass is 9.86. The van der Waals surface area contributed by atoms with Gasteiger partial charge < -0.3 is 9.42 Å². The van der Waals surface area contributed by atoms with Crippen LogP contribution in [0.4, 0.5) is 0 Å². The van der Waals surface area contributed by atoms with Crippen molar-refractivity contribution in [2.75, 3.05) is 13.1 Å². The van der Waals surface area contributed by atoms with Crippen LogP contribution in [0.15, 0.2) is 29.0 Å². The molecule has 6 heteroatoms. The predicted molar refractivity (Wildman–Crippen MR) is 106 cm³/mol. The van der Waals surface area contributed by atoms with E-state index in [2.05, 4.69) is 20.0 Å². The maximum atomic E-state index is 12.5. The van der Waals surface area contributed by atoms with Gasteiger partial charge in [0.15, 0.2) is 5.82 Å². The van der Waals surface area contributed by atoms with Crippen molar-refractivity contribution in [1.29, 1.82) is 0 Å². The number of amides is 1. The number of hydrogen-bond donors (Lipinski definition) is 0. The van der Waals surface area contributed by atoms with Gasteiger partial charge in [-0.25, -0.2) is 0 Å². The fourth-order valence-electron chi connectivity index (χ4n) is 4.55. The van der Waals surface area contributed by atoms with Gasteiger partial charge in [0, 0.05) is 38.3 Å². The third-order valence-corrected chi connectivity index (χ3v) is 6.28. The number of rotatable bonds is 7. The van der Waals surface area contributed by atoms with Gasteiger partial charge in [-0.05, 0) is 43.2 Å². The first-order chi connectivity index (χ1) is 13.8. The topological polar surface area (TPSA) is 72.1 Å². The normalized spacial score (nSPS) is 20.6. The van der Waals surface area contributed by atoms with E-state index in [9.17, 15) is 4.79 Å². The summed E-state index contributed by atoms with van der Waals surface area (Å²) >= 11 is 0. The Bertz CT molecular complexity index is 755. The molecule has 150 valence electrons. The average Bonchev–Trinajstić information content (AvgIpc) is 3.42. The fraction of sp³-hybridized carbons (Fsp3) is 0.636. The zero-order chi connectivity index (χ0) is 19.2. The standard InChI is InChI=1S/C22H30N4O2/c27-21(11-9-17-5-2-1-3-6-17)26-14-12-18(16-26)8-10-20-24-22(28-25-20)19-7-4-13-23-15-19/h4,7,13,15,17-18H,1-3,5-6,8-12,14,16H2. The lowest BCUT2D eigenvalue weighted by Crippen LogP contribution is -2.29. The summed E-state index contributed by atoms with van der Waals surface area (Å²) in [6.45, 7) is 1.79. The predicted octanol–water partition coefficient (Wildman–Crippen LogP) is 4.27. The summed E-state index contributed by atoms with van der Waals surface area (Å²) in [6, 6.07) is 3.77. The van der Waals surface area contributed by atoms with Gasteiger partial charge >= 0.3 is 0 Å². The molecule has 1 atom stereocenters. The summed E-state index contributed by atoms with van der Waals surface area (Å²) in [5, 5.41) is 4.09. The van der Waals surface area contributed by atoms with Crippen LogP contribution in [0.3, 0.4) is 0 Å². The summed E-state index contributed by atoms with van der Waals surface area (Å²) in [4.78, 5) is 23.2. The molecule has 0 bridgehead atoms. The third kappa shape index (κ3) is 4.97. The summed E-state index contributed by atoms with van der Waals surface area (Å²) in [5.41, 5.74) is 0.844. The molecule has 2 aliphatic rings. The Hall–Kier alpha value is -2.24. The van der Waals surface area contributed by atoms with Crippen molar-refractivity contribution in [1.82, 2.24) is 20.0 Å². The second-order valence-electron chi connectivity index (χ2n) is 8.33. The van der Waals surface area contributed by atoms with Crippen molar-refractivity contribution in [3.8, 4) is 11.5 Å². The van der Waals surface area contributed by atoms with Crippen LogP contribution in [-0.4, -0.2) is 39.0 Å². The molecule has 1 aliphatic carbocycles. The molecule has 2 aromatic rings. The van der Waals surface area contributed by atoms with Crippen molar-refractivity contribution in [3.63, 3.8) is 0 Å². The monoisotopic (exact) mass is 382 g/mol. The van der Waals surface area contributed by atoms with Crippen LogP contribution in [0.2, 0.25) is 0 Å². The van der Waals surface area contributed by atoms with Crippen LogP contribution in [-0.2, 0) is 11.2 Å². The van der Waals surface area contributed by atoms with Crippen LogP contribution < -0.4 is 0 Å². The van der Waals surface area contributed by atoms with Gasteiger partial charge in [0.05, 0.1) is 5.56 Å². The maximum absolute atomic E-state index is 12.5. The summed E-state index contributed by atoms with van der Waals surface area (Å²) < 4.78 is 5.35. The Morgan fingerprint density at radius 3 is 2.86 bits per heavy atom. The molecule has 0 radical (unpaired) electrons. The highest BCUT2D eigenvalue weighted by Gasteiger charge is 2.27. The SMILES string of the molecule is O=C(CCC1CCCCC1)N1CCC(CCc2noc(-c3cccnc3)n2)C1. The minimum absolute atomic E-state index is 0.353. The number of carbonyl (C=O) groups is 1. The third-order valence-electron chi connectivity index (χ3n) is 6.28. The van der Waals surface area contributed by atoms with Crippen LogP contribution in [0.1, 0.15) is 63.6 Å². The second kappa shape index (κ2) is 9.30. The Balaban J connectivity index is 1.19. The van der Waals surface area contributed by atoms with Crippen molar-refractivity contribution < 1.29 is 9.32 Å². The molecular weight excluding hydrogens is 352 g/mol. The molecule has 0 N–H and O–H groups in total. The largest absolute Gasteiger partial charge is 0.342 e. The van der Waals surface area contributed by atoms with Gasteiger partial charge in [-0.1, -0.05) is 37.3 Å². The first-order valence-corrected chi connectivity index (χ1v) is 10.8. The average molecular weight is 383 g/mol. The van der Waals surface area contributed by atoms with E-state index < -0.39 is 0 Å². The van der Waals surface area contributed by atoms with E-state index in [0.29, 0.717) is 17.7 Å². The van der Waals surface area contributed by atoms with Crippen molar-refractivity contribution in [3.05, 3.63) is 30.4 Å². The van der Waals surface area contributed by atoms with Crippen molar-refractivity contribution >= 4 is 5.91 Å². The van der Waals surface area contributed by atoms with E-state index in [1.54, 1.807) is 12.4 Å². The second-order valence-corrected chi connectivity index (χ2v) is 8.33. The van der Waals surface area contributed by atoms with E-state index in [1.807, 2.05) is 12.1 Å². The fourth-order valence-corrected chi connectivity index (χ4v) is 4.55. The Morgan fingerprint density at radius 1 is 1.14 bits per heavy atom. The highest BCUT2D eigenvalue weighted by molar-refractivity contribution is 5.76. The summed E-state index contributed by atoms with van der Waals surface area (Å²) in [5.74, 6) is 2.93. The van der Waals surface area contributed by atoms with Gasteiger partial charge in [0.25, 0.3) is 5.89 Å². The van der Waals surface area contributed by atoms with Crippen LogP contribution >= 0.6 is 0 Å². The van der Waals surface area contributed by atoms with Gasteiger partial charge in [-0.2, -0.15) is 4.98 Å². The highest BCUT2D eigenvalue weighted by atomic mass is 16.5. The number of aryl methyl sites for hydroxylation is 1. The van der Waals surface area contributed by atoms with Crippen LogP contribution in [0, 0.1) is 11.8 Å².